The van der Waals surface area contributed by atoms with Crippen molar-refractivity contribution in [2.24, 2.45) is 11.8 Å². The number of benzene rings is 1. The lowest BCUT2D eigenvalue weighted by Gasteiger charge is -2.37. The summed E-state index contributed by atoms with van der Waals surface area (Å²) in [4.78, 5) is 27.3. The van der Waals surface area contributed by atoms with E-state index in [4.69, 9.17) is 12.2 Å². The highest BCUT2D eigenvalue weighted by atomic mass is 32.1. The zero-order valence-corrected chi connectivity index (χ0v) is 21.3. The predicted octanol–water partition coefficient (Wildman–Crippen LogP) is 4.18. The molecule has 0 bridgehead atoms. The van der Waals surface area contributed by atoms with Crippen molar-refractivity contribution < 1.29 is 4.79 Å². The monoisotopic (exact) mass is 482 g/mol. The van der Waals surface area contributed by atoms with E-state index < -0.39 is 0 Å². The fourth-order valence-electron chi connectivity index (χ4n) is 4.82. The molecule has 0 spiro atoms. The molecule has 0 radical (unpaired) electrons. The van der Waals surface area contributed by atoms with Gasteiger partial charge in [-0.2, -0.15) is 0 Å². The third kappa shape index (κ3) is 6.29. The number of carbonyl (C=O) groups is 1. The Kier molecular flexibility index (Phi) is 8.43. The van der Waals surface area contributed by atoms with Gasteiger partial charge in [0.2, 0.25) is 5.91 Å². The van der Waals surface area contributed by atoms with Gasteiger partial charge in [0, 0.05) is 56.2 Å². The molecule has 1 aliphatic carbocycles. The van der Waals surface area contributed by atoms with E-state index in [1.165, 1.54) is 12.1 Å². The summed E-state index contributed by atoms with van der Waals surface area (Å²) in [5.74, 6) is 0.936. The highest BCUT2D eigenvalue weighted by molar-refractivity contribution is 7.80. The zero-order valence-electron chi connectivity index (χ0n) is 20.5. The van der Waals surface area contributed by atoms with Crippen LogP contribution in [0.2, 0.25) is 0 Å². The number of rotatable bonds is 7. The van der Waals surface area contributed by atoms with Crippen molar-refractivity contribution in [1.82, 2.24) is 20.2 Å². The average Bonchev–Trinajstić information content (AvgIpc) is 3.39. The number of aromatic nitrogens is 2. The van der Waals surface area contributed by atoms with Gasteiger partial charge in [0.25, 0.3) is 0 Å². The van der Waals surface area contributed by atoms with Crippen LogP contribution in [0.25, 0.3) is 0 Å². The fourth-order valence-corrected chi connectivity index (χ4v) is 5.09. The van der Waals surface area contributed by atoms with Gasteiger partial charge in [-0.05, 0) is 55.2 Å². The summed E-state index contributed by atoms with van der Waals surface area (Å²) >= 11 is 5.57. The Morgan fingerprint density at radius 2 is 1.85 bits per heavy atom. The number of carbonyl (C=O) groups excluding carboxylic acids is 1. The van der Waals surface area contributed by atoms with Crippen molar-refractivity contribution in [2.75, 3.05) is 42.5 Å². The lowest BCUT2D eigenvalue weighted by Crippen LogP contribution is -2.52. The molecule has 1 aliphatic heterocycles. The zero-order chi connectivity index (χ0) is 23.9. The molecule has 2 aromatic rings. The molecule has 2 N–H and O–H groups in total. The van der Waals surface area contributed by atoms with Gasteiger partial charge in [0.05, 0.1) is 18.6 Å². The van der Waals surface area contributed by atoms with E-state index >= 15 is 0 Å². The number of hydrogen-bond donors (Lipinski definition) is 2. The van der Waals surface area contributed by atoms with Gasteiger partial charge in [0.1, 0.15) is 0 Å². The van der Waals surface area contributed by atoms with Gasteiger partial charge in [-0.3, -0.25) is 4.79 Å². The average molecular weight is 483 g/mol. The number of aromatic amines is 1. The lowest BCUT2D eigenvalue weighted by atomic mass is 9.88. The van der Waals surface area contributed by atoms with Crippen LogP contribution in [0.15, 0.2) is 36.8 Å². The Hall–Kier alpha value is -2.61. The van der Waals surface area contributed by atoms with Gasteiger partial charge in [-0.15, -0.1) is 0 Å². The number of amides is 1. The minimum Gasteiger partial charge on any atom is -0.368 e. The molecule has 2 heterocycles. The summed E-state index contributed by atoms with van der Waals surface area (Å²) < 4.78 is 0. The number of hydrogen-bond acceptors (Lipinski definition) is 4. The first-order valence-electron chi connectivity index (χ1n) is 12.7. The molecule has 7 nitrogen and oxygen atoms in total. The third-order valence-corrected chi connectivity index (χ3v) is 7.26. The Bertz CT molecular complexity index is 915. The van der Waals surface area contributed by atoms with Gasteiger partial charge in [-0.1, -0.05) is 33.1 Å². The van der Waals surface area contributed by atoms with Gasteiger partial charge >= 0.3 is 0 Å². The number of nitrogens with one attached hydrogen (secondary N) is 2. The second-order valence-electron chi connectivity index (χ2n) is 9.91. The molecule has 34 heavy (non-hydrogen) atoms. The fraction of sp³-hybridized carbons (Fsp3) is 0.577. The van der Waals surface area contributed by atoms with Crippen molar-refractivity contribution in [3.05, 3.63) is 42.5 Å². The molecule has 0 atom stereocenters. The van der Waals surface area contributed by atoms with Crippen LogP contribution in [0.4, 0.5) is 11.4 Å². The van der Waals surface area contributed by atoms with Crippen LogP contribution >= 0.6 is 12.2 Å². The lowest BCUT2D eigenvalue weighted by molar-refractivity contribution is -0.123. The summed E-state index contributed by atoms with van der Waals surface area (Å²) in [7, 11) is 0. The third-order valence-electron chi connectivity index (χ3n) is 6.86. The second-order valence-corrected chi connectivity index (χ2v) is 10.3. The topological polar surface area (TPSA) is 67.5 Å². The molecule has 1 aromatic carbocycles. The van der Waals surface area contributed by atoms with E-state index in [1.807, 2.05) is 4.90 Å². The van der Waals surface area contributed by atoms with Crippen molar-refractivity contribution in [1.29, 1.82) is 0 Å². The summed E-state index contributed by atoms with van der Waals surface area (Å²) in [6, 6.07) is 8.48. The number of anilines is 2. The number of H-pyrrole nitrogens is 1. The normalized spacial score (nSPS) is 17.1. The predicted molar refractivity (Wildman–Crippen MR) is 142 cm³/mol. The maximum absolute atomic E-state index is 13.5. The first-order valence-corrected chi connectivity index (χ1v) is 13.1. The summed E-state index contributed by atoms with van der Waals surface area (Å²) in [6.45, 7) is 9.51. The molecule has 8 heteroatoms. The largest absolute Gasteiger partial charge is 0.368 e. The molecular formula is C26H38N6OS. The van der Waals surface area contributed by atoms with E-state index in [9.17, 15) is 4.79 Å². The molecule has 184 valence electrons. The van der Waals surface area contributed by atoms with Crippen LogP contribution in [0.1, 0.15) is 51.6 Å². The standard InChI is InChI=1S/C26H38N6OS/c1-20(2)16-28-26(34)31-14-12-30(13-15-31)23-8-10-24(11-9-23)32(18-22-17-27-19-29-22)25(33)21-6-4-3-5-7-21/h8-11,17,19-21H,3-7,12-16,18H2,1-2H3,(H,27,29)(H,28,34). The molecule has 1 saturated carbocycles. The molecule has 4 rings (SSSR count). The Balaban J connectivity index is 1.40. The van der Waals surface area contributed by atoms with Gasteiger partial charge in [0.15, 0.2) is 5.11 Å². The Labute approximate surface area is 208 Å². The smallest absolute Gasteiger partial charge is 0.230 e. The van der Waals surface area contributed by atoms with E-state index in [1.54, 1.807) is 12.5 Å². The summed E-state index contributed by atoms with van der Waals surface area (Å²) in [6.07, 6.45) is 9.00. The van der Waals surface area contributed by atoms with Gasteiger partial charge < -0.3 is 25.0 Å². The molecule has 1 saturated heterocycles. The van der Waals surface area contributed by atoms with Crippen molar-refractivity contribution >= 4 is 34.6 Å². The molecular weight excluding hydrogens is 444 g/mol. The van der Waals surface area contributed by atoms with E-state index in [0.717, 1.165) is 74.9 Å². The molecule has 2 fully saturated rings. The minimum atomic E-state index is 0.123. The molecule has 0 unspecified atom stereocenters. The summed E-state index contributed by atoms with van der Waals surface area (Å²) in [5.41, 5.74) is 3.09. The van der Waals surface area contributed by atoms with Crippen LogP contribution in [-0.2, 0) is 11.3 Å². The number of thiocarbonyl (C=S) groups is 1. The Morgan fingerprint density at radius 1 is 1.15 bits per heavy atom. The second kappa shape index (κ2) is 11.7. The van der Waals surface area contributed by atoms with E-state index in [-0.39, 0.29) is 11.8 Å². The number of piperazine rings is 1. The van der Waals surface area contributed by atoms with E-state index in [0.29, 0.717) is 12.5 Å². The first kappa shape index (κ1) is 24.5. The maximum Gasteiger partial charge on any atom is 0.230 e. The maximum atomic E-state index is 13.5. The Morgan fingerprint density at radius 3 is 2.47 bits per heavy atom. The minimum absolute atomic E-state index is 0.123. The molecule has 2 aliphatic rings. The van der Waals surface area contributed by atoms with Crippen molar-refractivity contribution in [2.45, 2.75) is 52.5 Å². The van der Waals surface area contributed by atoms with Crippen LogP contribution in [0.5, 0.6) is 0 Å². The highest BCUT2D eigenvalue weighted by Gasteiger charge is 2.28. The number of nitrogens with zero attached hydrogens (tertiary/aromatic N) is 4. The van der Waals surface area contributed by atoms with Crippen molar-refractivity contribution in [3.63, 3.8) is 0 Å². The van der Waals surface area contributed by atoms with E-state index in [2.05, 4.69) is 63.2 Å². The van der Waals surface area contributed by atoms with Gasteiger partial charge in [-0.25, -0.2) is 4.98 Å². The summed E-state index contributed by atoms with van der Waals surface area (Å²) in [5, 5.41) is 4.24. The quantitative estimate of drug-likeness (QED) is 0.577. The molecule has 1 amide bonds. The SMILES string of the molecule is CC(C)CNC(=S)N1CCN(c2ccc(N(Cc3cnc[nH]3)C(=O)C3CCCCC3)cc2)CC1. The van der Waals surface area contributed by atoms with Crippen LogP contribution in [0.3, 0.4) is 0 Å². The van der Waals surface area contributed by atoms with Crippen molar-refractivity contribution in [3.8, 4) is 0 Å². The van der Waals surface area contributed by atoms with Crippen LogP contribution in [0, 0.1) is 11.8 Å². The van der Waals surface area contributed by atoms with Crippen LogP contribution in [-0.4, -0.2) is 58.6 Å². The number of imidazole rings is 1. The van der Waals surface area contributed by atoms with Crippen LogP contribution < -0.4 is 15.1 Å². The first-order chi connectivity index (χ1) is 16.5. The highest BCUT2D eigenvalue weighted by Crippen LogP contribution is 2.30. The molecule has 1 aromatic heterocycles.